The minimum Gasteiger partial charge on any atom is -0.496 e. The summed E-state index contributed by atoms with van der Waals surface area (Å²) in [7, 11) is 3.16. The molecule has 2 aromatic rings. The van der Waals surface area contributed by atoms with Crippen molar-refractivity contribution in [2.45, 2.75) is 25.0 Å². The van der Waals surface area contributed by atoms with Gasteiger partial charge in [0.1, 0.15) is 11.6 Å². The number of amides is 1. The molecule has 1 fully saturated rings. The van der Waals surface area contributed by atoms with Crippen LogP contribution >= 0.6 is 23.2 Å². The number of carboxylic acids is 2. The number of carbonyl (C=O) groups excluding carboxylic acids is 1. The zero-order chi connectivity index (χ0) is 28.2. The predicted octanol–water partition coefficient (Wildman–Crippen LogP) is 2.46. The molecule has 1 aromatic heterocycles. The largest absolute Gasteiger partial charge is 0.496 e. The number of nitrogens with two attached hydrogens (primary N) is 1. The highest BCUT2D eigenvalue weighted by Crippen LogP contribution is 2.29. The Hall–Kier alpha value is -3.32. The first-order valence-corrected chi connectivity index (χ1v) is 12.3. The van der Waals surface area contributed by atoms with Crippen molar-refractivity contribution in [2.24, 2.45) is 0 Å². The standard InChI is InChI=1S/C22H29Cl2N5O3.C2H2O4/c1-31-19-12-17(25)16(24)11-14(19)22(30)28-18-6-10-29(13-20(18)32-2)9-4-8-27-21-15(23)5-3-7-26-21;3-1(4)2(5)6/h3,5,7,11-12,18,20H,4,6,8-10,13,25H2,1-2H3,(H,26,27)(H,28,30);(H,3,4)(H,5,6)/t18-,20+;/m0./s1. The number of nitrogens with zero attached hydrogens (tertiary/aromatic N) is 2. The number of hydrogen-bond acceptors (Lipinski definition) is 9. The highest BCUT2D eigenvalue weighted by atomic mass is 35.5. The van der Waals surface area contributed by atoms with Gasteiger partial charge in [-0.1, -0.05) is 23.2 Å². The molecule has 12 nitrogen and oxygen atoms in total. The molecule has 1 amide bonds. The number of benzene rings is 1. The van der Waals surface area contributed by atoms with Crippen LogP contribution in [0.25, 0.3) is 0 Å². The lowest BCUT2D eigenvalue weighted by atomic mass is 10.0. The summed E-state index contributed by atoms with van der Waals surface area (Å²) < 4.78 is 11.0. The Kier molecular flexibility index (Phi) is 12.3. The second kappa shape index (κ2) is 15.2. The summed E-state index contributed by atoms with van der Waals surface area (Å²) >= 11 is 12.2. The van der Waals surface area contributed by atoms with Gasteiger partial charge in [0.2, 0.25) is 0 Å². The Morgan fingerprint density at radius 2 is 1.89 bits per heavy atom. The summed E-state index contributed by atoms with van der Waals surface area (Å²) in [5.74, 6) is -2.83. The normalized spacial score (nSPS) is 17.1. The van der Waals surface area contributed by atoms with Gasteiger partial charge in [-0.25, -0.2) is 14.6 Å². The van der Waals surface area contributed by atoms with E-state index >= 15 is 0 Å². The fourth-order valence-corrected chi connectivity index (χ4v) is 4.13. The van der Waals surface area contributed by atoms with Gasteiger partial charge in [0.25, 0.3) is 5.91 Å². The summed E-state index contributed by atoms with van der Waals surface area (Å²) in [4.78, 5) is 37.7. The van der Waals surface area contributed by atoms with Crippen LogP contribution in [0.15, 0.2) is 30.5 Å². The van der Waals surface area contributed by atoms with Crippen molar-refractivity contribution in [3.05, 3.63) is 46.1 Å². The van der Waals surface area contributed by atoms with Gasteiger partial charge in [-0.15, -0.1) is 0 Å². The molecule has 6 N–H and O–H groups in total. The van der Waals surface area contributed by atoms with Gasteiger partial charge in [0.15, 0.2) is 0 Å². The molecule has 2 heterocycles. The summed E-state index contributed by atoms with van der Waals surface area (Å²) in [6.07, 6.45) is 3.29. The summed E-state index contributed by atoms with van der Waals surface area (Å²) in [5, 5.41) is 22.0. The number of likely N-dealkylation sites (tertiary alicyclic amines) is 1. The third-order valence-corrected chi connectivity index (χ3v) is 6.34. The third-order valence-electron chi connectivity index (χ3n) is 5.71. The number of carboxylic acid groups (broad SMARTS) is 2. The second-order valence-electron chi connectivity index (χ2n) is 8.24. The third kappa shape index (κ3) is 9.21. The molecule has 1 aromatic carbocycles. The smallest absolute Gasteiger partial charge is 0.414 e. The number of nitrogen functional groups attached to an aromatic ring is 1. The molecule has 0 bridgehead atoms. The number of methoxy groups -OCH3 is 2. The molecule has 1 aliphatic heterocycles. The Balaban J connectivity index is 0.000000757. The molecule has 0 radical (unpaired) electrons. The van der Waals surface area contributed by atoms with Crippen LogP contribution in [0.5, 0.6) is 5.75 Å². The van der Waals surface area contributed by atoms with Crippen molar-refractivity contribution >= 4 is 52.6 Å². The number of aromatic nitrogens is 1. The van der Waals surface area contributed by atoms with E-state index in [1.54, 1.807) is 25.4 Å². The molecule has 1 saturated heterocycles. The first kappa shape index (κ1) is 30.9. The molecule has 0 unspecified atom stereocenters. The maximum Gasteiger partial charge on any atom is 0.414 e. The number of carbonyl (C=O) groups is 3. The maximum atomic E-state index is 12.9. The number of aliphatic carboxylic acids is 2. The van der Waals surface area contributed by atoms with Gasteiger partial charge in [-0.05, 0) is 37.6 Å². The van der Waals surface area contributed by atoms with Gasteiger partial charge in [-0.2, -0.15) is 0 Å². The SMILES string of the molecule is COc1cc(N)c(Cl)cc1C(=O)N[C@H]1CCN(CCCNc2ncccc2Cl)C[C@H]1OC.O=C(O)C(=O)O. The van der Waals surface area contributed by atoms with Gasteiger partial charge in [0, 0.05) is 39.0 Å². The lowest BCUT2D eigenvalue weighted by Crippen LogP contribution is -2.55. The summed E-state index contributed by atoms with van der Waals surface area (Å²) in [6, 6.07) is 6.59. The Morgan fingerprint density at radius 3 is 2.50 bits per heavy atom. The van der Waals surface area contributed by atoms with Crippen molar-refractivity contribution in [2.75, 3.05) is 51.4 Å². The zero-order valence-corrected chi connectivity index (χ0v) is 22.5. The van der Waals surface area contributed by atoms with Crippen LogP contribution in [0.3, 0.4) is 0 Å². The summed E-state index contributed by atoms with van der Waals surface area (Å²) in [6.45, 7) is 3.25. The number of ether oxygens (including phenoxy) is 2. The highest BCUT2D eigenvalue weighted by molar-refractivity contribution is 6.33. The van der Waals surface area contributed by atoms with E-state index in [-0.39, 0.29) is 18.1 Å². The molecule has 2 atom stereocenters. The monoisotopic (exact) mass is 571 g/mol. The zero-order valence-electron chi connectivity index (χ0n) is 20.9. The molecule has 0 aliphatic carbocycles. The Morgan fingerprint density at radius 1 is 1.18 bits per heavy atom. The van der Waals surface area contributed by atoms with Crippen LogP contribution in [0, 0.1) is 0 Å². The first-order valence-electron chi connectivity index (χ1n) is 11.6. The van der Waals surface area contributed by atoms with E-state index in [1.165, 1.54) is 13.2 Å². The average molecular weight is 572 g/mol. The quantitative estimate of drug-likeness (QED) is 0.169. The lowest BCUT2D eigenvalue weighted by Gasteiger charge is -2.38. The Labute approximate surface area is 230 Å². The molecule has 14 heteroatoms. The number of piperidine rings is 1. The fraction of sp³-hybridized carbons (Fsp3) is 0.417. The Bertz CT molecular complexity index is 1110. The highest BCUT2D eigenvalue weighted by Gasteiger charge is 2.31. The molecule has 38 heavy (non-hydrogen) atoms. The van der Waals surface area contributed by atoms with Crippen molar-refractivity contribution in [1.29, 1.82) is 0 Å². The molecule has 208 valence electrons. The number of anilines is 2. The molecule has 0 spiro atoms. The number of halogens is 2. The molecule has 1 aliphatic rings. The van der Waals surface area contributed by atoms with Crippen molar-refractivity contribution < 1.29 is 34.1 Å². The van der Waals surface area contributed by atoms with Crippen molar-refractivity contribution in [3.8, 4) is 5.75 Å². The molecule has 0 saturated carbocycles. The van der Waals surface area contributed by atoms with E-state index in [0.29, 0.717) is 32.9 Å². The van der Waals surface area contributed by atoms with E-state index < -0.39 is 11.9 Å². The van der Waals surface area contributed by atoms with E-state index in [1.807, 2.05) is 6.07 Å². The van der Waals surface area contributed by atoms with E-state index in [4.69, 9.17) is 58.2 Å². The van der Waals surface area contributed by atoms with Crippen LogP contribution < -0.4 is 21.1 Å². The van der Waals surface area contributed by atoms with Crippen molar-refractivity contribution in [1.82, 2.24) is 15.2 Å². The minimum absolute atomic E-state index is 0.116. The van der Waals surface area contributed by atoms with E-state index in [2.05, 4.69) is 20.5 Å². The van der Waals surface area contributed by atoms with Crippen LogP contribution in [-0.4, -0.2) is 90.5 Å². The van der Waals surface area contributed by atoms with Crippen LogP contribution in [0.1, 0.15) is 23.2 Å². The van der Waals surface area contributed by atoms with Gasteiger partial charge in [0.05, 0.1) is 40.6 Å². The van der Waals surface area contributed by atoms with Gasteiger partial charge >= 0.3 is 11.9 Å². The van der Waals surface area contributed by atoms with Gasteiger partial charge in [-0.3, -0.25) is 4.79 Å². The molecular formula is C24H31Cl2N5O7. The average Bonchev–Trinajstić information content (AvgIpc) is 2.89. The molecular weight excluding hydrogens is 541 g/mol. The van der Waals surface area contributed by atoms with Crippen LogP contribution in [0.4, 0.5) is 11.5 Å². The van der Waals surface area contributed by atoms with Gasteiger partial charge < -0.3 is 41.0 Å². The first-order chi connectivity index (χ1) is 18.1. The second-order valence-corrected chi connectivity index (χ2v) is 9.06. The topological polar surface area (TPSA) is 176 Å². The predicted molar refractivity (Wildman–Crippen MR) is 143 cm³/mol. The number of hydrogen-bond donors (Lipinski definition) is 5. The fourth-order valence-electron chi connectivity index (χ4n) is 3.77. The lowest BCUT2D eigenvalue weighted by molar-refractivity contribution is -0.159. The van der Waals surface area contributed by atoms with E-state index in [0.717, 1.165) is 39.0 Å². The summed E-state index contributed by atoms with van der Waals surface area (Å²) in [5.41, 5.74) is 6.53. The number of rotatable bonds is 9. The maximum absolute atomic E-state index is 12.9. The molecule has 3 rings (SSSR count). The number of pyridine rings is 1. The number of nitrogens with one attached hydrogen (secondary N) is 2. The van der Waals surface area contributed by atoms with Crippen LogP contribution in [0.2, 0.25) is 10.0 Å². The van der Waals surface area contributed by atoms with Crippen molar-refractivity contribution in [3.63, 3.8) is 0 Å². The van der Waals surface area contributed by atoms with E-state index in [9.17, 15) is 4.79 Å². The minimum atomic E-state index is -1.82. The van der Waals surface area contributed by atoms with Crippen LogP contribution in [-0.2, 0) is 14.3 Å².